The van der Waals surface area contributed by atoms with E-state index in [-0.39, 0.29) is 17.4 Å². The second-order valence-electron chi connectivity index (χ2n) is 6.82. The standard InChI is InChI=1S/C20H19ClN4O3/c21-14-5-6-16-15(11-14)20(28)25-12-13(4-7-17(25)23-16)19(27)22-8-2-10-24-9-1-3-18(24)26/h4-7,11-12H,1-3,8-10H2,(H,22,27). The molecule has 1 aromatic carbocycles. The van der Waals surface area contributed by atoms with Crippen molar-refractivity contribution < 1.29 is 9.59 Å². The summed E-state index contributed by atoms with van der Waals surface area (Å²) in [5, 5.41) is 3.69. The summed E-state index contributed by atoms with van der Waals surface area (Å²) < 4.78 is 1.36. The first-order valence-corrected chi connectivity index (χ1v) is 9.58. The van der Waals surface area contributed by atoms with Gasteiger partial charge in [0.25, 0.3) is 11.5 Å². The molecule has 1 aliphatic rings. The maximum atomic E-state index is 12.7. The molecule has 0 saturated carbocycles. The molecule has 2 aromatic heterocycles. The summed E-state index contributed by atoms with van der Waals surface area (Å²) in [5.41, 5.74) is 1.12. The molecule has 1 saturated heterocycles. The third-order valence-corrected chi connectivity index (χ3v) is 5.13. The minimum absolute atomic E-state index is 0.181. The first-order valence-electron chi connectivity index (χ1n) is 9.20. The van der Waals surface area contributed by atoms with E-state index in [2.05, 4.69) is 10.3 Å². The molecule has 0 unspecified atom stereocenters. The fourth-order valence-corrected chi connectivity index (χ4v) is 3.60. The topological polar surface area (TPSA) is 83.8 Å². The van der Waals surface area contributed by atoms with Crippen LogP contribution in [0.2, 0.25) is 5.02 Å². The van der Waals surface area contributed by atoms with Gasteiger partial charge in [0.1, 0.15) is 5.65 Å². The van der Waals surface area contributed by atoms with Crippen molar-refractivity contribution in [3.63, 3.8) is 0 Å². The first-order chi connectivity index (χ1) is 13.5. The molecule has 1 aliphatic heterocycles. The summed E-state index contributed by atoms with van der Waals surface area (Å²) in [6.45, 7) is 1.90. The molecular formula is C20H19ClN4O3. The molecule has 4 rings (SSSR count). The van der Waals surface area contributed by atoms with E-state index in [4.69, 9.17) is 11.6 Å². The summed E-state index contributed by atoms with van der Waals surface area (Å²) in [6, 6.07) is 8.25. The molecule has 0 radical (unpaired) electrons. The predicted molar refractivity (Wildman–Crippen MR) is 107 cm³/mol. The number of halogens is 1. The fourth-order valence-electron chi connectivity index (χ4n) is 3.43. The van der Waals surface area contributed by atoms with Crippen LogP contribution in [0.3, 0.4) is 0 Å². The maximum absolute atomic E-state index is 12.7. The number of benzene rings is 1. The van der Waals surface area contributed by atoms with Crippen molar-refractivity contribution >= 4 is 40.0 Å². The maximum Gasteiger partial charge on any atom is 0.265 e. The highest BCUT2D eigenvalue weighted by molar-refractivity contribution is 6.31. The Morgan fingerprint density at radius 3 is 2.86 bits per heavy atom. The molecule has 0 aliphatic carbocycles. The first kappa shape index (κ1) is 18.4. The van der Waals surface area contributed by atoms with E-state index < -0.39 is 0 Å². The Bertz CT molecular complexity index is 1140. The third-order valence-electron chi connectivity index (χ3n) is 4.89. The Hall–Kier alpha value is -2.93. The van der Waals surface area contributed by atoms with Crippen LogP contribution in [0.5, 0.6) is 0 Å². The van der Waals surface area contributed by atoms with Crippen molar-refractivity contribution in [1.82, 2.24) is 19.6 Å². The van der Waals surface area contributed by atoms with E-state index in [0.717, 1.165) is 13.0 Å². The Labute approximate surface area is 165 Å². The van der Waals surface area contributed by atoms with E-state index >= 15 is 0 Å². The lowest BCUT2D eigenvalue weighted by Gasteiger charge is -2.15. The normalized spacial score (nSPS) is 14.2. The van der Waals surface area contributed by atoms with Gasteiger partial charge >= 0.3 is 0 Å². The van der Waals surface area contributed by atoms with Crippen LogP contribution >= 0.6 is 11.6 Å². The van der Waals surface area contributed by atoms with E-state index in [9.17, 15) is 14.4 Å². The average Bonchev–Trinajstić information content (AvgIpc) is 3.10. The second-order valence-corrected chi connectivity index (χ2v) is 7.25. The molecule has 1 N–H and O–H groups in total. The number of carbonyl (C=O) groups is 2. The average molecular weight is 399 g/mol. The molecule has 2 amide bonds. The van der Waals surface area contributed by atoms with Crippen LogP contribution in [0.15, 0.2) is 41.3 Å². The number of hydrogen-bond donors (Lipinski definition) is 1. The van der Waals surface area contributed by atoms with Crippen LogP contribution < -0.4 is 10.9 Å². The lowest BCUT2D eigenvalue weighted by Crippen LogP contribution is -2.31. The molecule has 3 heterocycles. The van der Waals surface area contributed by atoms with Crippen LogP contribution in [0, 0.1) is 0 Å². The zero-order valence-electron chi connectivity index (χ0n) is 15.2. The number of amides is 2. The predicted octanol–water partition coefficient (Wildman–Crippen LogP) is 2.24. The van der Waals surface area contributed by atoms with Gasteiger partial charge in [0.05, 0.1) is 16.5 Å². The highest BCUT2D eigenvalue weighted by atomic mass is 35.5. The largest absolute Gasteiger partial charge is 0.352 e. The third kappa shape index (κ3) is 3.57. The van der Waals surface area contributed by atoms with Crippen LogP contribution in [-0.4, -0.2) is 45.7 Å². The van der Waals surface area contributed by atoms with Crippen molar-refractivity contribution in [2.24, 2.45) is 0 Å². The van der Waals surface area contributed by atoms with Gasteiger partial charge in [0.2, 0.25) is 5.91 Å². The number of nitrogens with one attached hydrogen (secondary N) is 1. The zero-order valence-corrected chi connectivity index (χ0v) is 15.9. The number of pyridine rings is 1. The van der Waals surface area contributed by atoms with Gasteiger partial charge in [-0.15, -0.1) is 0 Å². The SMILES string of the molecule is O=C(NCCCN1CCCC1=O)c1ccc2nc3ccc(Cl)cc3c(=O)n2c1. The van der Waals surface area contributed by atoms with Crippen LogP contribution in [0.1, 0.15) is 29.6 Å². The van der Waals surface area contributed by atoms with Gasteiger partial charge in [-0.1, -0.05) is 11.6 Å². The van der Waals surface area contributed by atoms with Crippen molar-refractivity contribution in [1.29, 1.82) is 0 Å². The molecule has 0 bridgehead atoms. The molecule has 28 heavy (non-hydrogen) atoms. The number of nitrogens with zero attached hydrogens (tertiary/aromatic N) is 3. The Kier molecular flexibility index (Phi) is 5.00. The van der Waals surface area contributed by atoms with Crippen molar-refractivity contribution in [3.8, 4) is 0 Å². The van der Waals surface area contributed by atoms with Crippen LogP contribution in [-0.2, 0) is 4.79 Å². The number of rotatable bonds is 5. The number of fused-ring (bicyclic) bond motifs is 2. The number of aromatic nitrogens is 2. The summed E-state index contributed by atoms with van der Waals surface area (Å²) in [6.07, 6.45) is 3.71. The van der Waals surface area contributed by atoms with Gasteiger partial charge in [-0.3, -0.25) is 18.8 Å². The molecule has 7 nitrogen and oxygen atoms in total. The van der Waals surface area contributed by atoms with Gasteiger partial charge in [-0.2, -0.15) is 0 Å². The highest BCUT2D eigenvalue weighted by Crippen LogP contribution is 2.16. The van der Waals surface area contributed by atoms with Crippen molar-refractivity contribution in [2.45, 2.75) is 19.3 Å². The number of hydrogen-bond acceptors (Lipinski definition) is 4. The van der Waals surface area contributed by atoms with Gasteiger partial charge in [-0.05, 0) is 43.2 Å². The summed E-state index contributed by atoms with van der Waals surface area (Å²) in [5.74, 6) is -0.0900. The molecule has 1 fully saturated rings. The summed E-state index contributed by atoms with van der Waals surface area (Å²) in [4.78, 5) is 43.0. The minimum atomic E-state index is -0.273. The van der Waals surface area contributed by atoms with Crippen LogP contribution in [0.4, 0.5) is 0 Å². The van der Waals surface area contributed by atoms with Crippen molar-refractivity contribution in [2.75, 3.05) is 19.6 Å². The van der Waals surface area contributed by atoms with Crippen molar-refractivity contribution in [3.05, 3.63) is 57.5 Å². The van der Waals surface area contributed by atoms with Gasteiger partial charge < -0.3 is 10.2 Å². The summed E-state index contributed by atoms with van der Waals surface area (Å²) in [7, 11) is 0. The molecule has 144 valence electrons. The molecular weight excluding hydrogens is 380 g/mol. The zero-order chi connectivity index (χ0) is 19.7. The van der Waals surface area contributed by atoms with Gasteiger partial charge in [-0.25, -0.2) is 4.98 Å². The Balaban J connectivity index is 1.49. The number of likely N-dealkylation sites (tertiary alicyclic amines) is 1. The molecule has 0 spiro atoms. The highest BCUT2D eigenvalue weighted by Gasteiger charge is 2.19. The molecule has 0 atom stereocenters. The lowest BCUT2D eigenvalue weighted by molar-refractivity contribution is -0.127. The Morgan fingerprint density at radius 2 is 2.07 bits per heavy atom. The molecule has 3 aromatic rings. The van der Waals surface area contributed by atoms with E-state index in [0.29, 0.717) is 53.1 Å². The quantitative estimate of drug-likeness (QED) is 0.527. The van der Waals surface area contributed by atoms with Gasteiger partial charge in [0, 0.05) is 37.3 Å². The Morgan fingerprint density at radius 1 is 1.21 bits per heavy atom. The minimum Gasteiger partial charge on any atom is -0.352 e. The van der Waals surface area contributed by atoms with E-state index in [1.807, 2.05) is 4.90 Å². The molecule has 8 heteroatoms. The fraction of sp³-hybridized carbons (Fsp3) is 0.300. The number of carbonyl (C=O) groups excluding carboxylic acids is 2. The van der Waals surface area contributed by atoms with E-state index in [1.54, 1.807) is 30.3 Å². The second kappa shape index (κ2) is 7.59. The van der Waals surface area contributed by atoms with Crippen LogP contribution in [0.25, 0.3) is 16.6 Å². The monoisotopic (exact) mass is 398 g/mol. The lowest BCUT2D eigenvalue weighted by atomic mass is 10.2. The summed E-state index contributed by atoms with van der Waals surface area (Å²) >= 11 is 5.99. The smallest absolute Gasteiger partial charge is 0.265 e. The van der Waals surface area contributed by atoms with Gasteiger partial charge in [0.15, 0.2) is 0 Å². The van der Waals surface area contributed by atoms with E-state index in [1.165, 1.54) is 10.6 Å².